The van der Waals surface area contributed by atoms with Gasteiger partial charge in [-0.15, -0.1) is 5.10 Å². The number of nitro groups is 1. The summed E-state index contributed by atoms with van der Waals surface area (Å²) in [7, 11) is 0. The fourth-order valence-electron chi connectivity index (χ4n) is 1.74. The molecule has 1 heterocycles. The normalized spacial score (nSPS) is 14.5. The first-order valence-electron chi connectivity index (χ1n) is 5.88. The summed E-state index contributed by atoms with van der Waals surface area (Å²) < 4.78 is 1.84. The van der Waals surface area contributed by atoms with Gasteiger partial charge in [0.15, 0.2) is 0 Å². The van der Waals surface area contributed by atoms with Crippen LogP contribution in [0.15, 0.2) is 29.4 Å². The molecule has 0 atom stereocenters. The number of hydrogen-bond donors (Lipinski definition) is 0. The van der Waals surface area contributed by atoms with Crippen molar-refractivity contribution >= 4 is 17.4 Å². The fraction of sp³-hybridized carbons (Fsp3) is 0.364. The molecule has 0 aliphatic heterocycles. The van der Waals surface area contributed by atoms with Gasteiger partial charge >= 0.3 is 0 Å². The van der Waals surface area contributed by atoms with Crippen molar-refractivity contribution in [1.82, 2.24) is 20.2 Å². The topological polar surface area (TPSA) is 86.7 Å². The Morgan fingerprint density at radius 2 is 2.32 bits per heavy atom. The van der Waals surface area contributed by atoms with Gasteiger partial charge in [-0.2, -0.15) is 0 Å². The van der Waals surface area contributed by atoms with Gasteiger partial charge in [0.2, 0.25) is 5.16 Å². The van der Waals surface area contributed by atoms with Crippen molar-refractivity contribution in [1.29, 1.82) is 0 Å². The minimum absolute atomic E-state index is 0.111. The largest absolute Gasteiger partial charge is 0.269 e. The Bertz CT molecular complexity index is 611. The van der Waals surface area contributed by atoms with Gasteiger partial charge in [0.05, 0.1) is 11.0 Å². The van der Waals surface area contributed by atoms with E-state index in [0.29, 0.717) is 11.8 Å². The molecule has 8 heteroatoms. The third-order valence-corrected chi connectivity index (χ3v) is 3.85. The molecule has 2 aromatic rings. The van der Waals surface area contributed by atoms with Crippen LogP contribution in [0.4, 0.5) is 5.69 Å². The Balaban J connectivity index is 1.70. The summed E-state index contributed by atoms with van der Waals surface area (Å²) in [5.74, 6) is 0.620. The number of thioether (sulfide) groups is 1. The van der Waals surface area contributed by atoms with Crippen LogP contribution in [0.2, 0.25) is 0 Å². The third-order valence-electron chi connectivity index (χ3n) is 2.84. The van der Waals surface area contributed by atoms with Crippen LogP contribution >= 0.6 is 11.8 Å². The smallest absolute Gasteiger partial charge is 0.258 e. The van der Waals surface area contributed by atoms with Gasteiger partial charge in [-0.1, -0.05) is 23.9 Å². The second kappa shape index (κ2) is 4.96. The molecule has 3 rings (SSSR count). The second-order valence-corrected chi connectivity index (χ2v) is 5.30. The maximum Gasteiger partial charge on any atom is 0.269 e. The highest BCUT2D eigenvalue weighted by molar-refractivity contribution is 7.98. The molecular weight excluding hydrogens is 266 g/mol. The molecule has 1 aliphatic rings. The molecule has 1 fully saturated rings. The van der Waals surface area contributed by atoms with E-state index in [9.17, 15) is 10.1 Å². The highest BCUT2D eigenvalue weighted by Crippen LogP contribution is 2.36. The molecule has 1 aromatic heterocycles. The van der Waals surface area contributed by atoms with Crippen molar-refractivity contribution in [3.8, 4) is 0 Å². The molecule has 1 aromatic carbocycles. The van der Waals surface area contributed by atoms with Crippen LogP contribution in [-0.4, -0.2) is 25.1 Å². The van der Waals surface area contributed by atoms with Gasteiger partial charge in [0.1, 0.15) is 0 Å². The van der Waals surface area contributed by atoms with Gasteiger partial charge in [-0.05, 0) is 28.8 Å². The van der Waals surface area contributed by atoms with Crippen LogP contribution < -0.4 is 0 Å². The molecule has 0 saturated heterocycles. The lowest BCUT2D eigenvalue weighted by Crippen LogP contribution is -1.98. The Morgan fingerprint density at radius 1 is 1.47 bits per heavy atom. The van der Waals surface area contributed by atoms with E-state index in [2.05, 4.69) is 15.5 Å². The number of rotatable bonds is 5. The summed E-state index contributed by atoms with van der Waals surface area (Å²) in [6, 6.07) is 7.06. The number of aromatic nitrogens is 4. The zero-order valence-corrected chi connectivity index (χ0v) is 10.8. The third kappa shape index (κ3) is 2.73. The van der Waals surface area contributed by atoms with Crippen molar-refractivity contribution in [2.75, 3.05) is 0 Å². The second-order valence-electron chi connectivity index (χ2n) is 4.35. The lowest BCUT2D eigenvalue weighted by atomic mass is 10.2. The summed E-state index contributed by atoms with van der Waals surface area (Å²) >= 11 is 1.50. The van der Waals surface area contributed by atoms with Gasteiger partial charge in [-0.25, -0.2) is 4.68 Å². The van der Waals surface area contributed by atoms with Gasteiger partial charge in [-0.3, -0.25) is 10.1 Å². The quantitative estimate of drug-likeness (QED) is 0.473. The van der Waals surface area contributed by atoms with Crippen LogP contribution in [0.1, 0.15) is 24.4 Å². The van der Waals surface area contributed by atoms with Crippen LogP contribution in [0.25, 0.3) is 0 Å². The van der Waals surface area contributed by atoms with Crippen molar-refractivity contribution in [3.63, 3.8) is 0 Å². The number of tetrazole rings is 1. The van der Waals surface area contributed by atoms with Crippen molar-refractivity contribution < 1.29 is 4.92 Å². The van der Waals surface area contributed by atoms with Crippen LogP contribution in [0.5, 0.6) is 0 Å². The Kier molecular flexibility index (Phi) is 3.16. The average Bonchev–Trinajstić information content (AvgIpc) is 3.16. The molecule has 0 bridgehead atoms. The molecule has 7 nitrogen and oxygen atoms in total. The summed E-state index contributed by atoms with van der Waals surface area (Å²) in [6.45, 7) is 0. The monoisotopic (exact) mass is 277 g/mol. The average molecular weight is 277 g/mol. The summed E-state index contributed by atoms with van der Waals surface area (Å²) in [5.41, 5.74) is 1.00. The summed E-state index contributed by atoms with van der Waals surface area (Å²) in [5, 5.41) is 23.1. The molecule has 1 saturated carbocycles. The van der Waals surface area contributed by atoms with Gasteiger partial charge in [0.25, 0.3) is 5.69 Å². The van der Waals surface area contributed by atoms with E-state index in [-0.39, 0.29) is 10.6 Å². The first-order chi connectivity index (χ1) is 9.24. The van der Waals surface area contributed by atoms with Gasteiger partial charge < -0.3 is 0 Å². The Morgan fingerprint density at radius 3 is 3.05 bits per heavy atom. The number of hydrogen-bond acceptors (Lipinski definition) is 6. The van der Waals surface area contributed by atoms with Crippen LogP contribution in [0, 0.1) is 10.1 Å². The molecule has 19 heavy (non-hydrogen) atoms. The molecule has 0 radical (unpaired) electrons. The fourth-order valence-corrected chi connectivity index (χ4v) is 2.62. The number of nitro benzene ring substituents is 1. The van der Waals surface area contributed by atoms with Crippen molar-refractivity contribution in [2.45, 2.75) is 29.8 Å². The van der Waals surface area contributed by atoms with Gasteiger partial charge in [0, 0.05) is 17.9 Å². The zero-order chi connectivity index (χ0) is 13.2. The highest BCUT2D eigenvalue weighted by atomic mass is 32.2. The first kappa shape index (κ1) is 12.1. The predicted molar refractivity (Wildman–Crippen MR) is 68.7 cm³/mol. The zero-order valence-electron chi connectivity index (χ0n) is 9.97. The van der Waals surface area contributed by atoms with E-state index in [1.165, 1.54) is 17.8 Å². The van der Waals surface area contributed by atoms with E-state index in [1.807, 2.05) is 10.7 Å². The Hall–Kier alpha value is -1.96. The molecule has 0 unspecified atom stereocenters. The molecule has 98 valence electrons. The molecule has 0 N–H and O–H groups in total. The molecule has 0 amide bonds. The number of nitrogens with zero attached hydrogens (tertiary/aromatic N) is 5. The molecular formula is C11H11N5O2S. The minimum Gasteiger partial charge on any atom is -0.258 e. The lowest BCUT2D eigenvalue weighted by Gasteiger charge is -2.02. The number of benzene rings is 1. The Labute approximate surface area is 113 Å². The van der Waals surface area contributed by atoms with Crippen LogP contribution in [0.3, 0.4) is 0 Å². The summed E-state index contributed by atoms with van der Waals surface area (Å²) in [4.78, 5) is 10.3. The standard InChI is InChI=1S/C11H11N5O2S/c17-16(18)10-3-1-2-8(6-10)7-19-11-12-13-14-15(11)9-4-5-9/h1-3,6,9H,4-5,7H2. The van der Waals surface area contributed by atoms with Crippen molar-refractivity contribution in [3.05, 3.63) is 39.9 Å². The maximum atomic E-state index is 10.7. The van der Waals surface area contributed by atoms with Crippen molar-refractivity contribution in [2.24, 2.45) is 0 Å². The minimum atomic E-state index is -0.386. The summed E-state index contributed by atoms with van der Waals surface area (Å²) in [6.07, 6.45) is 2.24. The molecule has 1 aliphatic carbocycles. The van der Waals surface area contributed by atoms with Crippen LogP contribution in [-0.2, 0) is 5.75 Å². The SMILES string of the molecule is O=[N+]([O-])c1cccc(CSc2nnnn2C2CC2)c1. The van der Waals surface area contributed by atoms with E-state index < -0.39 is 0 Å². The maximum absolute atomic E-state index is 10.7. The predicted octanol–water partition coefficient (Wildman–Crippen LogP) is 2.21. The number of non-ortho nitro benzene ring substituents is 1. The van der Waals surface area contributed by atoms with E-state index in [4.69, 9.17) is 0 Å². The van der Waals surface area contributed by atoms with E-state index in [0.717, 1.165) is 23.6 Å². The van der Waals surface area contributed by atoms with E-state index >= 15 is 0 Å². The lowest BCUT2D eigenvalue weighted by molar-refractivity contribution is -0.384. The first-order valence-corrected chi connectivity index (χ1v) is 6.86. The molecule has 0 spiro atoms. The highest BCUT2D eigenvalue weighted by Gasteiger charge is 2.27. The van der Waals surface area contributed by atoms with E-state index in [1.54, 1.807) is 12.1 Å².